The average molecular weight is 449 g/mol. The number of fused-ring (bicyclic) bond motifs is 3. The smallest absolute Gasteiger partial charge is 0.219 e. The van der Waals surface area contributed by atoms with Crippen LogP contribution in [0.3, 0.4) is 0 Å². The van der Waals surface area contributed by atoms with E-state index in [2.05, 4.69) is 4.98 Å². The zero-order valence-corrected chi connectivity index (χ0v) is 18.8. The summed E-state index contributed by atoms with van der Waals surface area (Å²) < 4.78 is 17.0. The molecule has 1 aromatic heterocycles. The molecule has 7 heteroatoms. The monoisotopic (exact) mass is 448 g/mol. The molecule has 0 saturated heterocycles. The number of aromatic nitrogens is 1. The van der Waals surface area contributed by atoms with Gasteiger partial charge in [0.05, 0.1) is 25.7 Å². The van der Waals surface area contributed by atoms with Crippen LogP contribution in [0, 0.1) is 0 Å². The molecule has 0 aliphatic heterocycles. The van der Waals surface area contributed by atoms with Crippen LogP contribution in [-0.4, -0.2) is 60.4 Å². The summed E-state index contributed by atoms with van der Waals surface area (Å²) in [6, 6.07) is 21.2. The minimum absolute atomic E-state index is 0.0652. The van der Waals surface area contributed by atoms with E-state index in [1.807, 2.05) is 66.7 Å². The van der Waals surface area contributed by atoms with Crippen LogP contribution >= 0.6 is 0 Å². The molecule has 33 heavy (non-hydrogen) atoms. The Balaban J connectivity index is 1.36. The van der Waals surface area contributed by atoms with Crippen LogP contribution in [0.1, 0.15) is 6.92 Å². The molecular weight excluding hydrogens is 420 g/mol. The normalized spacial score (nSPS) is 12.0. The summed E-state index contributed by atoms with van der Waals surface area (Å²) in [4.78, 5) is 17.0. The van der Waals surface area contributed by atoms with Gasteiger partial charge in [-0.1, -0.05) is 36.4 Å². The Bertz CT molecular complexity index is 1240. The van der Waals surface area contributed by atoms with Gasteiger partial charge in [0.25, 0.3) is 0 Å². The van der Waals surface area contributed by atoms with Gasteiger partial charge < -0.3 is 29.2 Å². The highest BCUT2D eigenvalue weighted by Crippen LogP contribution is 2.33. The molecule has 4 aromatic rings. The van der Waals surface area contributed by atoms with Crippen molar-refractivity contribution in [1.29, 1.82) is 0 Å². The van der Waals surface area contributed by atoms with Crippen LogP contribution in [0.4, 0.5) is 0 Å². The molecule has 4 rings (SSSR count). The number of methoxy groups -OCH3 is 1. The molecule has 0 aliphatic rings. The SMILES string of the molecule is COc1ccccc1OCCN(CC(O)COc1cccc2[nH]c3ccccc3c12)C(C)=O. The second-order valence-electron chi connectivity index (χ2n) is 7.78. The van der Waals surface area contributed by atoms with Crippen LogP contribution < -0.4 is 14.2 Å². The van der Waals surface area contributed by atoms with Gasteiger partial charge >= 0.3 is 0 Å². The number of carbonyl (C=O) groups is 1. The maximum Gasteiger partial charge on any atom is 0.219 e. The second-order valence-corrected chi connectivity index (χ2v) is 7.78. The summed E-state index contributed by atoms with van der Waals surface area (Å²) in [6.07, 6.45) is -0.847. The number of benzene rings is 3. The van der Waals surface area contributed by atoms with Crippen molar-refractivity contribution in [1.82, 2.24) is 9.88 Å². The van der Waals surface area contributed by atoms with Crippen LogP contribution in [0.2, 0.25) is 0 Å². The first-order valence-corrected chi connectivity index (χ1v) is 10.9. The van der Waals surface area contributed by atoms with Gasteiger partial charge in [0, 0.05) is 23.2 Å². The molecule has 1 unspecified atom stereocenters. The highest BCUT2D eigenvalue weighted by atomic mass is 16.5. The summed E-state index contributed by atoms with van der Waals surface area (Å²) in [5.74, 6) is 1.79. The third-order valence-electron chi connectivity index (χ3n) is 5.49. The predicted octanol–water partition coefficient (Wildman–Crippen LogP) is 4.00. The number of carbonyl (C=O) groups excluding carboxylic acids is 1. The maximum atomic E-state index is 12.1. The lowest BCUT2D eigenvalue weighted by atomic mass is 10.1. The van der Waals surface area contributed by atoms with Gasteiger partial charge in [0.2, 0.25) is 5.91 Å². The molecule has 0 fully saturated rings. The molecule has 0 spiro atoms. The van der Waals surface area contributed by atoms with E-state index >= 15 is 0 Å². The Hall–Kier alpha value is -3.71. The number of aliphatic hydroxyl groups excluding tert-OH is 1. The minimum Gasteiger partial charge on any atom is -0.493 e. The van der Waals surface area contributed by atoms with Gasteiger partial charge in [-0.3, -0.25) is 4.79 Å². The van der Waals surface area contributed by atoms with Crippen molar-refractivity contribution in [2.75, 3.05) is 33.4 Å². The number of ether oxygens (including phenoxy) is 3. The van der Waals surface area contributed by atoms with E-state index in [0.717, 1.165) is 21.8 Å². The van der Waals surface area contributed by atoms with Crippen molar-refractivity contribution in [2.45, 2.75) is 13.0 Å². The fraction of sp³-hybridized carbons (Fsp3) is 0.269. The van der Waals surface area contributed by atoms with Crippen LogP contribution in [0.5, 0.6) is 17.2 Å². The summed E-state index contributed by atoms with van der Waals surface area (Å²) in [5, 5.41) is 12.6. The Kier molecular flexibility index (Phi) is 7.00. The highest BCUT2D eigenvalue weighted by molar-refractivity contribution is 6.10. The maximum absolute atomic E-state index is 12.1. The fourth-order valence-electron chi connectivity index (χ4n) is 3.86. The lowest BCUT2D eigenvalue weighted by Crippen LogP contribution is -2.40. The Morgan fingerprint density at radius 3 is 2.42 bits per heavy atom. The molecule has 1 heterocycles. The molecule has 7 nitrogen and oxygen atoms in total. The van der Waals surface area contributed by atoms with Crippen molar-refractivity contribution in [3.8, 4) is 17.2 Å². The third-order valence-corrected chi connectivity index (χ3v) is 5.49. The minimum atomic E-state index is -0.847. The number of rotatable bonds is 10. The van der Waals surface area contributed by atoms with E-state index in [4.69, 9.17) is 14.2 Å². The third kappa shape index (κ3) is 5.21. The number of para-hydroxylation sites is 3. The Morgan fingerprint density at radius 2 is 1.64 bits per heavy atom. The topological polar surface area (TPSA) is 84.0 Å². The van der Waals surface area contributed by atoms with E-state index in [1.165, 1.54) is 6.92 Å². The van der Waals surface area contributed by atoms with Gasteiger partial charge in [-0.05, 0) is 30.3 Å². The van der Waals surface area contributed by atoms with Crippen molar-refractivity contribution >= 4 is 27.7 Å². The lowest BCUT2D eigenvalue weighted by Gasteiger charge is -2.24. The van der Waals surface area contributed by atoms with Gasteiger partial charge in [-0.25, -0.2) is 0 Å². The first-order valence-electron chi connectivity index (χ1n) is 10.9. The zero-order valence-electron chi connectivity index (χ0n) is 18.8. The first-order chi connectivity index (χ1) is 16.1. The fourth-order valence-corrected chi connectivity index (χ4v) is 3.86. The predicted molar refractivity (Wildman–Crippen MR) is 128 cm³/mol. The van der Waals surface area contributed by atoms with Crippen molar-refractivity contribution < 1.29 is 24.1 Å². The van der Waals surface area contributed by atoms with Gasteiger partial charge in [-0.15, -0.1) is 0 Å². The van der Waals surface area contributed by atoms with Crippen molar-refractivity contribution in [3.63, 3.8) is 0 Å². The molecule has 1 atom stereocenters. The summed E-state index contributed by atoms with van der Waals surface area (Å²) in [6.45, 7) is 2.30. The lowest BCUT2D eigenvalue weighted by molar-refractivity contribution is -0.130. The molecular formula is C26H28N2O5. The number of nitrogens with one attached hydrogen (secondary N) is 1. The molecule has 0 bridgehead atoms. The van der Waals surface area contributed by atoms with Crippen LogP contribution in [0.25, 0.3) is 21.8 Å². The molecule has 0 saturated carbocycles. The van der Waals surface area contributed by atoms with Gasteiger partial charge in [-0.2, -0.15) is 0 Å². The van der Waals surface area contributed by atoms with Crippen molar-refractivity contribution in [3.05, 3.63) is 66.7 Å². The standard InChI is InChI=1S/C26H28N2O5/c1-18(29)28(14-15-32-24-12-6-5-11-23(24)31-2)16-19(30)17-33-25-13-7-10-22-26(25)20-8-3-4-9-21(20)27-22/h3-13,19,27,30H,14-17H2,1-2H3. The summed E-state index contributed by atoms with van der Waals surface area (Å²) in [5.41, 5.74) is 2.00. The number of nitrogens with zero attached hydrogens (tertiary/aromatic N) is 1. The van der Waals surface area contributed by atoms with Crippen LogP contribution in [-0.2, 0) is 4.79 Å². The summed E-state index contributed by atoms with van der Waals surface area (Å²) >= 11 is 0. The summed E-state index contributed by atoms with van der Waals surface area (Å²) in [7, 11) is 1.58. The molecule has 1 amide bonds. The molecule has 0 radical (unpaired) electrons. The number of amides is 1. The van der Waals surface area contributed by atoms with Gasteiger partial charge in [0.15, 0.2) is 11.5 Å². The van der Waals surface area contributed by atoms with Crippen LogP contribution in [0.15, 0.2) is 66.7 Å². The zero-order chi connectivity index (χ0) is 23.2. The highest BCUT2D eigenvalue weighted by Gasteiger charge is 2.17. The number of hydrogen-bond acceptors (Lipinski definition) is 5. The molecule has 2 N–H and O–H groups in total. The van der Waals surface area contributed by atoms with E-state index in [0.29, 0.717) is 23.8 Å². The quantitative estimate of drug-likeness (QED) is 0.383. The first kappa shape index (κ1) is 22.5. The Morgan fingerprint density at radius 1 is 0.939 bits per heavy atom. The second kappa shape index (κ2) is 10.3. The number of aromatic amines is 1. The molecule has 3 aromatic carbocycles. The van der Waals surface area contributed by atoms with E-state index < -0.39 is 6.10 Å². The molecule has 0 aliphatic carbocycles. The van der Waals surface area contributed by atoms with Crippen molar-refractivity contribution in [2.24, 2.45) is 0 Å². The van der Waals surface area contributed by atoms with E-state index in [1.54, 1.807) is 12.0 Å². The Labute approximate surface area is 192 Å². The largest absolute Gasteiger partial charge is 0.493 e. The molecule has 172 valence electrons. The average Bonchev–Trinajstić information content (AvgIpc) is 3.21. The number of aliphatic hydroxyl groups is 1. The van der Waals surface area contributed by atoms with Gasteiger partial charge in [0.1, 0.15) is 25.1 Å². The number of H-pyrrole nitrogens is 1. The van der Waals surface area contributed by atoms with E-state index in [-0.39, 0.29) is 25.7 Å². The van der Waals surface area contributed by atoms with E-state index in [9.17, 15) is 9.90 Å². The number of hydrogen-bond donors (Lipinski definition) is 2.